The molecule has 0 radical (unpaired) electrons. The van der Waals surface area contributed by atoms with Crippen LogP contribution in [0.2, 0.25) is 0 Å². The van der Waals surface area contributed by atoms with Gasteiger partial charge in [-0.25, -0.2) is 4.79 Å². The van der Waals surface area contributed by atoms with Crippen molar-refractivity contribution in [1.82, 2.24) is 10.2 Å². The third-order valence-corrected chi connectivity index (χ3v) is 4.62. The zero-order valence-electron chi connectivity index (χ0n) is 13.9. The predicted molar refractivity (Wildman–Crippen MR) is 96.5 cm³/mol. The van der Waals surface area contributed by atoms with E-state index in [9.17, 15) is 9.59 Å². The Morgan fingerprint density at radius 3 is 2.75 bits per heavy atom. The number of rotatable bonds is 4. The van der Waals surface area contributed by atoms with E-state index >= 15 is 0 Å². The summed E-state index contributed by atoms with van der Waals surface area (Å²) >= 11 is 0. The van der Waals surface area contributed by atoms with Gasteiger partial charge in [0, 0.05) is 30.4 Å². The third kappa shape index (κ3) is 4.39. The minimum Gasteiger partial charge on any atom is -0.338 e. The zero-order chi connectivity index (χ0) is 16.4. The van der Waals surface area contributed by atoms with Crippen molar-refractivity contribution in [2.75, 3.05) is 25.0 Å². The number of urea groups is 1. The van der Waals surface area contributed by atoms with Gasteiger partial charge < -0.3 is 21.3 Å². The van der Waals surface area contributed by atoms with Crippen LogP contribution in [0.15, 0.2) is 24.3 Å². The average molecular weight is 353 g/mol. The van der Waals surface area contributed by atoms with Crippen molar-refractivity contribution in [3.63, 3.8) is 0 Å². The maximum absolute atomic E-state index is 12.6. The first-order chi connectivity index (χ1) is 11.0. The largest absolute Gasteiger partial charge is 0.338 e. The fourth-order valence-electron chi connectivity index (χ4n) is 2.86. The van der Waals surface area contributed by atoms with Crippen LogP contribution in [-0.4, -0.2) is 42.5 Å². The van der Waals surface area contributed by atoms with Crippen LogP contribution in [-0.2, 0) is 0 Å². The molecule has 1 unspecified atom stereocenters. The van der Waals surface area contributed by atoms with Gasteiger partial charge in [-0.05, 0) is 49.4 Å². The van der Waals surface area contributed by atoms with Gasteiger partial charge in [0.15, 0.2) is 0 Å². The van der Waals surface area contributed by atoms with Gasteiger partial charge in [0.2, 0.25) is 0 Å². The van der Waals surface area contributed by atoms with Crippen molar-refractivity contribution in [2.24, 2.45) is 11.1 Å². The van der Waals surface area contributed by atoms with Crippen molar-refractivity contribution < 1.29 is 9.59 Å². The minimum absolute atomic E-state index is 0. The molecular formula is C17H25ClN4O2. The van der Waals surface area contributed by atoms with Crippen LogP contribution in [0.1, 0.15) is 36.5 Å². The molecule has 1 saturated carbocycles. The number of amides is 3. The Kier molecular flexibility index (Phi) is 5.72. The summed E-state index contributed by atoms with van der Waals surface area (Å²) in [4.78, 5) is 26.3. The van der Waals surface area contributed by atoms with Crippen molar-refractivity contribution in [3.8, 4) is 0 Å². The van der Waals surface area contributed by atoms with Crippen LogP contribution in [0.5, 0.6) is 0 Å². The smallest absolute Gasteiger partial charge is 0.319 e. The highest BCUT2D eigenvalue weighted by Gasteiger charge is 2.35. The first-order valence-corrected chi connectivity index (χ1v) is 8.16. The van der Waals surface area contributed by atoms with Crippen molar-refractivity contribution in [3.05, 3.63) is 29.8 Å². The molecule has 2 aliphatic rings. The fourth-order valence-corrected chi connectivity index (χ4v) is 2.86. The lowest BCUT2D eigenvalue weighted by atomic mass is 9.90. The lowest BCUT2D eigenvalue weighted by molar-refractivity contribution is 0.0777. The maximum atomic E-state index is 12.6. The van der Waals surface area contributed by atoms with Crippen LogP contribution in [0.25, 0.3) is 0 Å². The second-order valence-electron chi connectivity index (χ2n) is 6.95. The average Bonchev–Trinajstić information content (AvgIpc) is 3.26. The van der Waals surface area contributed by atoms with E-state index < -0.39 is 0 Å². The first kappa shape index (κ1) is 18.5. The van der Waals surface area contributed by atoms with Gasteiger partial charge in [-0.1, -0.05) is 13.0 Å². The topological polar surface area (TPSA) is 87.5 Å². The monoisotopic (exact) mass is 352 g/mol. The minimum atomic E-state index is -0.214. The molecule has 24 heavy (non-hydrogen) atoms. The maximum Gasteiger partial charge on any atom is 0.319 e. The van der Waals surface area contributed by atoms with Crippen LogP contribution in [0.3, 0.4) is 0 Å². The molecule has 2 fully saturated rings. The van der Waals surface area contributed by atoms with E-state index in [1.165, 1.54) is 0 Å². The molecule has 1 aromatic carbocycles. The number of anilines is 1. The lowest BCUT2D eigenvalue weighted by Gasteiger charge is -2.22. The number of hydrogen-bond donors (Lipinski definition) is 3. The highest BCUT2D eigenvalue weighted by molar-refractivity contribution is 5.97. The predicted octanol–water partition coefficient (Wildman–Crippen LogP) is 2.20. The van der Waals surface area contributed by atoms with Crippen LogP contribution >= 0.6 is 12.4 Å². The Hall–Kier alpha value is -1.79. The van der Waals surface area contributed by atoms with E-state index in [0.717, 1.165) is 25.8 Å². The number of carbonyl (C=O) groups is 2. The molecule has 7 heteroatoms. The van der Waals surface area contributed by atoms with Gasteiger partial charge in [-0.3, -0.25) is 4.79 Å². The summed E-state index contributed by atoms with van der Waals surface area (Å²) in [5.74, 6) is -0.00609. The van der Waals surface area contributed by atoms with E-state index in [-0.39, 0.29) is 29.8 Å². The number of halogens is 1. The second-order valence-corrected chi connectivity index (χ2v) is 6.95. The van der Waals surface area contributed by atoms with Crippen molar-refractivity contribution in [2.45, 2.75) is 32.2 Å². The summed E-state index contributed by atoms with van der Waals surface area (Å²) in [5, 5.41) is 5.65. The molecule has 3 rings (SSSR count). The van der Waals surface area contributed by atoms with Crippen LogP contribution in [0.4, 0.5) is 10.5 Å². The normalized spacial score (nSPS) is 22.7. The molecule has 1 atom stereocenters. The summed E-state index contributed by atoms with van der Waals surface area (Å²) in [5.41, 5.74) is 7.04. The standard InChI is InChI=1S/C17H24N4O2.ClH/c1-17(10-18)7-8-21(11-17)15(22)12-3-2-4-14(9-12)20-16(23)19-13-5-6-13;/h2-4,9,13H,5-8,10-11,18H2,1H3,(H2,19,20,23);1H. The Bertz CT molecular complexity index is 620. The second kappa shape index (κ2) is 7.40. The molecule has 0 bridgehead atoms. The van der Waals surface area contributed by atoms with Crippen LogP contribution < -0.4 is 16.4 Å². The highest BCUT2D eigenvalue weighted by atomic mass is 35.5. The molecule has 6 nitrogen and oxygen atoms in total. The summed E-state index contributed by atoms with van der Waals surface area (Å²) < 4.78 is 0. The fraction of sp³-hybridized carbons (Fsp3) is 0.529. The van der Waals surface area contributed by atoms with E-state index in [1.807, 2.05) is 4.90 Å². The van der Waals surface area contributed by atoms with Crippen molar-refractivity contribution >= 4 is 30.0 Å². The molecular weight excluding hydrogens is 328 g/mol. The molecule has 1 aliphatic carbocycles. The van der Waals surface area contributed by atoms with E-state index in [4.69, 9.17) is 5.73 Å². The quantitative estimate of drug-likeness (QED) is 0.776. The van der Waals surface area contributed by atoms with Gasteiger partial charge in [0.25, 0.3) is 5.91 Å². The van der Waals surface area contributed by atoms with E-state index in [1.54, 1.807) is 24.3 Å². The van der Waals surface area contributed by atoms with E-state index in [2.05, 4.69) is 17.6 Å². The third-order valence-electron chi connectivity index (χ3n) is 4.62. The highest BCUT2D eigenvalue weighted by Crippen LogP contribution is 2.29. The molecule has 1 heterocycles. The number of likely N-dealkylation sites (tertiary alicyclic amines) is 1. The van der Waals surface area contributed by atoms with Gasteiger partial charge in [0.1, 0.15) is 0 Å². The summed E-state index contributed by atoms with van der Waals surface area (Å²) in [6, 6.07) is 7.18. The van der Waals surface area contributed by atoms with Gasteiger partial charge >= 0.3 is 6.03 Å². The Morgan fingerprint density at radius 2 is 2.12 bits per heavy atom. The van der Waals surface area contributed by atoms with E-state index in [0.29, 0.717) is 30.4 Å². The summed E-state index contributed by atoms with van der Waals surface area (Å²) in [7, 11) is 0. The van der Waals surface area contributed by atoms with Gasteiger partial charge in [-0.15, -0.1) is 12.4 Å². The summed E-state index contributed by atoms with van der Waals surface area (Å²) in [6.45, 7) is 4.11. The first-order valence-electron chi connectivity index (χ1n) is 8.16. The molecule has 132 valence electrons. The number of carbonyl (C=O) groups excluding carboxylic acids is 2. The molecule has 1 aromatic rings. The number of nitrogens with one attached hydrogen (secondary N) is 2. The Labute approximate surface area is 148 Å². The molecule has 4 N–H and O–H groups in total. The number of nitrogens with zero attached hydrogens (tertiary/aromatic N) is 1. The SMILES string of the molecule is CC1(CN)CCN(C(=O)c2cccc(NC(=O)NC3CC3)c2)C1.Cl. The molecule has 0 aromatic heterocycles. The Morgan fingerprint density at radius 1 is 1.38 bits per heavy atom. The van der Waals surface area contributed by atoms with Crippen molar-refractivity contribution in [1.29, 1.82) is 0 Å². The zero-order valence-corrected chi connectivity index (χ0v) is 14.7. The lowest BCUT2D eigenvalue weighted by Crippen LogP contribution is -2.34. The number of hydrogen-bond acceptors (Lipinski definition) is 3. The van der Waals surface area contributed by atoms with Gasteiger partial charge in [-0.2, -0.15) is 0 Å². The van der Waals surface area contributed by atoms with Crippen LogP contribution in [0, 0.1) is 5.41 Å². The summed E-state index contributed by atoms with van der Waals surface area (Å²) in [6.07, 6.45) is 3.01. The number of nitrogens with two attached hydrogens (primary N) is 1. The molecule has 1 aliphatic heterocycles. The molecule has 1 saturated heterocycles. The number of benzene rings is 1. The molecule has 3 amide bonds. The molecule has 0 spiro atoms. The van der Waals surface area contributed by atoms with Gasteiger partial charge in [0.05, 0.1) is 0 Å². The Balaban J connectivity index is 0.00000208.